The molecule has 216 valence electrons. The molecular weight excluding hydrogens is 494 g/mol. The van der Waals surface area contributed by atoms with Gasteiger partial charge < -0.3 is 26.0 Å². The van der Waals surface area contributed by atoms with Gasteiger partial charge in [0.2, 0.25) is 0 Å². The zero-order valence-electron chi connectivity index (χ0n) is 23.7. The van der Waals surface area contributed by atoms with Crippen LogP contribution in [0.15, 0.2) is 18.2 Å². The van der Waals surface area contributed by atoms with Crippen molar-refractivity contribution in [2.75, 3.05) is 13.1 Å². The number of aliphatic hydroxyl groups excluding tert-OH is 2. The molecule has 5 N–H and O–H groups in total. The normalized spacial score (nSPS) is 43.7. The van der Waals surface area contributed by atoms with E-state index in [0.717, 1.165) is 38.5 Å². The van der Waals surface area contributed by atoms with Gasteiger partial charge in [0.05, 0.1) is 17.8 Å². The van der Waals surface area contributed by atoms with Gasteiger partial charge in [-0.15, -0.1) is 0 Å². The minimum absolute atomic E-state index is 0.0257. The Bertz CT molecular complexity index is 1060. The van der Waals surface area contributed by atoms with Crippen molar-refractivity contribution >= 4 is 11.8 Å². The number of carbonyl (C=O) groups is 2. The summed E-state index contributed by atoms with van der Waals surface area (Å²) in [6.45, 7) is 7.43. The molecule has 4 aliphatic rings. The first-order valence-corrected chi connectivity index (χ1v) is 15.1. The Balaban J connectivity index is 1.48. The summed E-state index contributed by atoms with van der Waals surface area (Å²) in [6, 6.07) is 4.92. The largest absolute Gasteiger partial charge is 0.393 e. The first kappa shape index (κ1) is 28.5. The number of fused-ring (bicyclic) bond motifs is 8. The van der Waals surface area contributed by atoms with E-state index in [9.17, 15) is 24.9 Å². The molecule has 1 aliphatic heterocycles. The summed E-state index contributed by atoms with van der Waals surface area (Å²) in [5.74, 6) is 0.0329. The summed E-state index contributed by atoms with van der Waals surface area (Å²) in [4.78, 5) is 30.1. The fourth-order valence-corrected chi connectivity index (χ4v) is 9.18. The van der Waals surface area contributed by atoms with Gasteiger partial charge in [-0.1, -0.05) is 19.9 Å². The number of hydrogen-bond donors (Lipinski definition) is 5. The summed E-state index contributed by atoms with van der Waals surface area (Å²) in [5, 5.41) is 40.2. The van der Waals surface area contributed by atoms with Crippen molar-refractivity contribution in [1.82, 2.24) is 15.6 Å². The summed E-state index contributed by atoms with van der Waals surface area (Å²) < 4.78 is 0. The van der Waals surface area contributed by atoms with Gasteiger partial charge in [-0.3, -0.25) is 9.59 Å². The number of nitrogens with zero attached hydrogens (tertiary/aromatic N) is 1. The molecule has 4 bridgehead atoms. The quantitative estimate of drug-likeness (QED) is 0.342. The van der Waals surface area contributed by atoms with Gasteiger partial charge in [0.25, 0.3) is 11.8 Å². The molecule has 2 heterocycles. The molecule has 1 aromatic heterocycles. The number of aliphatic hydroxyl groups is 3. The molecule has 0 unspecified atom stereocenters. The molecule has 3 fully saturated rings. The Morgan fingerprint density at radius 3 is 2.26 bits per heavy atom. The van der Waals surface area contributed by atoms with E-state index >= 15 is 0 Å². The Kier molecular flexibility index (Phi) is 8.11. The third kappa shape index (κ3) is 5.36. The van der Waals surface area contributed by atoms with Crippen LogP contribution in [0.5, 0.6) is 0 Å². The van der Waals surface area contributed by atoms with Crippen molar-refractivity contribution in [3.8, 4) is 0 Å². The Labute approximate surface area is 232 Å². The summed E-state index contributed by atoms with van der Waals surface area (Å²) in [5.41, 5.74) is -0.543. The van der Waals surface area contributed by atoms with Crippen molar-refractivity contribution in [3.63, 3.8) is 0 Å². The molecule has 3 aliphatic carbocycles. The number of amides is 2. The number of rotatable bonds is 0. The molecule has 0 radical (unpaired) electrons. The highest BCUT2D eigenvalue weighted by molar-refractivity contribution is 5.96. The van der Waals surface area contributed by atoms with Gasteiger partial charge in [0.15, 0.2) is 0 Å². The van der Waals surface area contributed by atoms with Gasteiger partial charge in [-0.05, 0) is 118 Å². The van der Waals surface area contributed by atoms with Crippen molar-refractivity contribution in [3.05, 3.63) is 29.6 Å². The van der Waals surface area contributed by atoms with Crippen LogP contribution in [-0.4, -0.2) is 63.0 Å². The fourth-order valence-electron chi connectivity index (χ4n) is 9.18. The summed E-state index contributed by atoms with van der Waals surface area (Å²) in [6.07, 6.45) is 6.27. The number of nitrogens with one attached hydrogen (secondary N) is 2. The topological polar surface area (TPSA) is 132 Å². The first-order valence-electron chi connectivity index (χ1n) is 15.1. The zero-order valence-corrected chi connectivity index (χ0v) is 23.7. The van der Waals surface area contributed by atoms with E-state index in [2.05, 4.69) is 29.5 Å². The third-order valence-electron chi connectivity index (χ3n) is 11.3. The maximum absolute atomic E-state index is 13.0. The van der Waals surface area contributed by atoms with Crippen LogP contribution in [0.3, 0.4) is 0 Å². The van der Waals surface area contributed by atoms with E-state index in [1.54, 1.807) is 18.2 Å². The standard InChI is InChI=1S/C31H47N3O5/c1-18-6-5-14-32-28(37)24-7-4-8-25(34-24)29(38)33-15-12-22-27(23-10-9-21(18)31(23,3)39)26(36)17-19-16-20(35)11-13-30(19,22)2/h4,7-8,18-23,26-27,35-36,39H,5-6,9-17H2,1-3H3,(H,32,37)(H,33,38)/t18-,19+,20-,21-,22+,23+,26-,27-,30+,31-/m1/s1. The average Bonchev–Trinajstić information content (AvgIpc) is 3.21. The lowest BCUT2D eigenvalue weighted by molar-refractivity contribution is -0.166. The van der Waals surface area contributed by atoms with Crippen LogP contribution in [-0.2, 0) is 0 Å². The molecule has 0 saturated heterocycles. The van der Waals surface area contributed by atoms with E-state index in [1.165, 1.54) is 0 Å². The maximum atomic E-state index is 13.0. The zero-order chi connectivity index (χ0) is 27.9. The van der Waals surface area contributed by atoms with Crippen LogP contribution in [0.2, 0.25) is 0 Å². The third-order valence-corrected chi connectivity index (χ3v) is 11.3. The molecule has 39 heavy (non-hydrogen) atoms. The maximum Gasteiger partial charge on any atom is 0.269 e. The molecule has 8 nitrogen and oxygen atoms in total. The van der Waals surface area contributed by atoms with Crippen LogP contribution < -0.4 is 10.6 Å². The first-order chi connectivity index (χ1) is 18.5. The molecule has 5 rings (SSSR count). The number of aromatic nitrogens is 1. The number of hydrogen-bond acceptors (Lipinski definition) is 6. The predicted molar refractivity (Wildman–Crippen MR) is 148 cm³/mol. The minimum atomic E-state index is -0.903. The van der Waals surface area contributed by atoms with Crippen LogP contribution >= 0.6 is 0 Å². The van der Waals surface area contributed by atoms with Crippen molar-refractivity contribution in [2.45, 2.75) is 96.4 Å². The van der Waals surface area contributed by atoms with Crippen molar-refractivity contribution in [1.29, 1.82) is 0 Å². The number of carbonyl (C=O) groups excluding carboxylic acids is 2. The van der Waals surface area contributed by atoms with Crippen LogP contribution in [0, 0.1) is 40.9 Å². The van der Waals surface area contributed by atoms with E-state index in [0.29, 0.717) is 32.4 Å². The monoisotopic (exact) mass is 541 g/mol. The van der Waals surface area contributed by atoms with E-state index in [1.807, 2.05) is 6.92 Å². The Morgan fingerprint density at radius 1 is 0.872 bits per heavy atom. The van der Waals surface area contributed by atoms with Gasteiger partial charge in [-0.2, -0.15) is 0 Å². The van der Waals surface area contributed by atoms with E-state index < -0.39 is 11.7 Å². The molecule has 0 spiro atoms. The Morgan fingerprint density at radius 2 is 1.54 bits per heavy atom. The minimum Gasteiger partial charge on any atom is -0.393 e. The number of pyridine rings is 1. The predicted octanol–water partition coefficient (Wildman–Crippen LogP) is 3.30. The van der Waals surface area contributed by atoms with E-state index in [4.69, 9.17) is 0 Å². The molecule has 8 heteroatoms. The Hall–Kier alpha value is -2.03. The highest BCUT2D eigenvalue weighted by Gasteiger charge is 2.59. The highest BCUT2D eigenvalue weighted by atomic mass is 16.3. The summed E-state index contributed by atoms with van der Waals surface area (Å²) in [7, 11) is 0. The molecule has 2 amide bonds. The van der Waals surface area contributed by atoms with E-state index in [-0.39, 0.29) is 70.2 Å². The SMILES string of the molecule is C[C@@H]1CCCNC(=O)c2cccc(n2)C(=O)NCC[C@H]2[C@@H]([C@H](O)C[C@@H]3C[C@H](O)CC[C@@]32C)[C@@H]2CC[C@H]1[C@@]2(C)O. The highest BCUT2D eigenvalue weighted by Crippen LogP contribution is 2.61. The second kappa shape index (κ2) is 11.1. The van der Waals surface area contributed by atoms with Crippen molar-refractivity contribution in [2.24, 2.45) is 40.9 Å². The average molecular weight is 542 g/mol. The molecule has 3 saturated carbocycles. The second-order valence-electron chi connectivity index (χ2n) is 13.5. The summed E-state index contributed by atoms with van der Waals surface area (Å²) >= 11 is 0. The fraction of sp³-hybridized carbons (Fsp3) is 0.774. The lowest BCUT2D eigenvalue weighted by Gasteiger charge is -2.58. The van der Waals surface area contributed by atoms with Gasteiger partial charge in [0.1, 0.15) is 11.4 Å². The van der Waals surface area contributed by atoms with Gasteiger partial charge in [-0.25, -0.2) is 4.98 Å². The molecule has 10 atom stereocenters. The van der Waals surface area contributed by atoms with Crippen LogP contribution in [0.25, 0.3) is 0 Å². The second-order valence-corrected chi connectivity index (χ2v) is 13.5. The smallest absolute Gasteiger partial charge is 0.269 e. The lowest BCUT2D eigenvalue weighted by Crippen LogP contribution is -2.58. The van der Waals surface area contributed by atoms with Crippen LogP contribution in [0.4, 0.5) is 0 Å². The molecule has 0 aromatic carbocycles. The lowest BCUT2D eigenvalue weighted by atomic mass is 9.48. The van der Waals surface area contributed by atoms with Crippen molar-refractivity contribution < 1.29 is 24.9 Å². The molecular formula is C31H47N3O5. The van der Waals surface area contributed by atoms with Gasteiger partial charge in [0, 0.05) is 13.1 Å². The van der Waals surface area contributed by atoms with Gasteiger partial charge >= 0.3 is 0 Å². The molecule has 1 aromatic rings. The van der Waals surface area contributed by atoms with Crippen LogP contribution in [0.1, 0.15) is 99.5 Å².